The highest BCUT2D eigenvalue weighted by Crippen LogP contribution is 2.32. The van der Waals surface area contributed by atoms with Gasteiger partial charge in [0.1, 0.15) is 5.82 Å². The highest BCUT2D eigenvalue weighted by atomic mass is 32.2. The van der Waals surface area contributed by atoms with Crippen LogP contribution in [0.2, 0.25) is 0 Å². The molecule has 0 aromatic heterocycles. The fourth-order valence-corrected chi connectivity index (χ4v) is 3.18. The van der Waals surface area contributed by atoms with Crippen LogP contribution in [-0.2, 0) is 11.2 Å². The van der Waals surface area contributed by atoms with E-state index < -0.39 is 5.97 Å². The summed E-state index contributed by atoms with van der Waals surface area (Å²) >= 11 is 1.69. The van der Waals surface area contributed by atoms with Crippen LogP contribution in [0.25, 0.3) is 0 Å². The minimum Gasteiger partial charge on any atom is -0.481 e. The molecule has 1 unspecified atom stereocenters. The first kappa shape index (κ1) is 11.5. The molecule has 1 aliphatic heterocycles. The molecule has 0 fully saturated rings. The standard InChI is InChI=1S/C12H13FO2S/c13-10-1-2-11-9(7-10)5-8(3-4-16-11)6-12(14)15/h1-2,7-8H,3-6H2,(H,14,15). The molecule has 1 atom stereocenters. The summed E-state index contributed by atoms with van der Waals surface area (Å²) in [5, 5.41) is 8.78. The van der Waals surface area contributed by atoms with E-state index in [1.807, 2.05) is 0 Å². The summed E-state index contributed by atoms with van der Waals surface area (Å²) in [5.41, 5.74) is 0.953. The third-order valence-electron chi connectivity index (χ3n) is 2.78. The zero-order chi connectivity index (χ0) is 11.5. The molecule has 0 aliphatic carbocycles. The lowest BCUT2D eigenvalue weighted by Crippen LogP contribution is -2.10. The number of aliphatic carboxylic acids is 1. The zero-order valence-electron chi connectivity index (χ0n) is 8.78. The van der Waals surface area contributed by atoms with Gasteiger partial charge in [0.15, 0.2) is 0 Å². The van der Waals surface area contributed by atoms with Gasteiger partial charge in [-0.2, -0.15) is 0 Å². The van der Waals surface area contributed by atoms with Gasteiger partial charge in [0.25, 0.3) is 0 Å². The second kappa shape index (κ2) is 4.87. The lowest BCUT2D eigenvalue weighted by molar-refractivity contribution is -0.138. The van der Waals surface area contributed by atoms with Crippen LogP contribution in [0.1, 0.15) is 18.4 Å². The maximum Gasteiger partial charge on any atom is 0.303 e. The predicted octanol–water partition coefficient (Wildman–Crippen LogP) is 2.95. The quantitative estimate of drug-likeness (QED) is 0.863. The van der Waals surface area contributed by atoms with E-state index in [0.717, 1.165) is 22.6 Å². The lowest BCUT2D eigenvalue weighted by Gasteiger charge is -2.11. The second-order valence-corrected chi connectivity index (χ2v) is 5.19. The maximum atomic E-state index is 13.1. The molecule has 0 amide bonds. The molecule has 0 bridgehead atoms. The first-order valence-corrected chi connectivity index (χ1v) is 6.26. The predicted molar refractivity (Wildman–Crippen MR) is 61.2 cm³/mol. The van der Waals surface area contributed by atoms with Crippen molar-refractivity contribution < 1.29 is 14.3 Å². The van der Waals surface area contributed by atoms with Crippen molar-refractivity contribution >= 4 is 17.7 Å². The topological polar surface area (TPSA) is 37.3 Å². The van der Waals surface area contributed by atoms with Crippen molar-refractivity contribution in [2.45, 2.75) is 24.2 Å². The smallest absolute Gasteiger partial charge is 0.303 e. The summed E-state index contributed by atoms with van der Waals surface area (Å²) in [4.78, 5) is 11.8. The Hall–Kier alpha value is -1.03. The van der Waals surface area contributed by atoms with Gasteiger partial charge in [-0.25, -0.2) is 4.39 Å². The number of hydrogen-bond acceptors (Lipinski definition) is 2. The number of rotatable bonds is 2. The first-order chi connectivity index (χ1) is 7.65. The monoisotopic (exact) mass is 240 g/mol. The second-order valence-electron chi connectivity index (χ2n) is 4.06. The van der Waals surface area contributed by atoms with Crippen LogP contribution in [0.5, 0.6) is 0 Å². The minimum absolute atomic E-state index is 0.132. The SMILES string of the molecule is O=C(O)CC1CCSc2ccc(F)cc2C1. The Morgan fingerprint density at radius 3 is 3.12 bits per heavy atom. The molecule has 2 nitrogen and oxygen atoms in total. The van der Waals surface area contributed by atoms with Gasteiger partial charge in [-0.1, -0.05) is 0 Å². The van der Waals surface area contributed by atoms with Gasteiger partial charge in [0.2, 0.25) is 0 Å². The summed E-state index contributed by atoms with van der Waals surface area (Å²) in [6.07, 6.45) is 1.73. The number of fused-ring (bicyclic) bond motifs is 1. The van der Waals surface area contributed by atoms with Crippen molar-refractivity contribution in [1.82, 2.24) is 0 Å². The Balaban J connectivity index is 2.19. The van der Waals surface area contributed by atoms with Crippen LogP contribution >= 0.6 is 11.8 Å². The Kier molecular flexibility index (Phi) is 3.49. The maximum absolute atomic E-state index is 13.1. The van der Waals surface area contributed by atoms with E-state index in [9.17, 15) is 9.18 Å². The van der Waals surface area contributed by atoms with E-state index in [2.05, 4.69) is 0 Å². The minimum atomic E-state index is -0.769. The molecule has 0 radical (unpaired) electrons. The fourth-order valence-electron chi connectivity index (χ4n) is 2.02. The van der Waals surface area contributed by atoms with Crippen LogP contribution in [-0.4, -0.2) is 16.8 Å². The van der Waals surface area contributed by atoms with Crippen molar-refractivity contribution in [2.24, 2.45) is 5.92 Å². The van der Waals surface area contributed by atoms with E-state index in [0.29, 0.717) is 6.42 Å². The summed E-state index contributed by atoms with van der Waals surface area (Å²) < 4.78 is 13.1. The first-order valence-electron chi connectivity index (χ1n) is 5.28. The van der Waals surface area contributed by atoms with Crippen LogP contribution in [0.4, 0.5) is 4.39 Å². The highest BCUT2D eigenvalue weighted by Gasteiger charge is 2.19. The van der Waals surface area contributed by atoms with Gasteiger partial charge >= 0.3 is 5.97 Å². The number of carbonyl (C=O) groups is 1. The van der Waals surface area contributed by atoms with Crippen LogP contribution < -0.4 is 0 Å². The van der Waals surface area contributed by atoms with Crippen molar-refractivity contribution in [3.63, 3.8) is 0 Å². The molecular weight excluding hydrogens is 227 g/mol. The molecule has 1 aliphatic rings. The van der Waals surface area contributed by atoms with Gasteiger partial charge in [-0.15, -0.1) is 11.8 Å². The molecular formula is C12H13FO2S. The van der Waals surface area contributed by atoms with Gasteiger partial charge in [-0.05, 0) is 48.3 Å². The highest BCUT2D eigenvalue weighted by molar-refractivity contribution is 7.99. The number of benzene rings is 1. The molecule has 1 N–H and O–H groups in total. The van der Waals surface area contributed by atoms with Crippen molar-refractivity contribution in [3.8, 4) is 0 Å². The number of carboxylic acid groups (broad SMARTS) is 1. The van der Waals surface area contributed by atoms with Crippen LogP contribution in [0.3, 0.4) is 0 Å². The van der Waals surface area contributed by atoms with E-state index >= 15 is 0 Å². The van der Waals surface area contributed by atoms with E-state index in [1.165, 1.54) is 12.1 Å². The van der Waals surface area contributed by atoms with Gasteiger partial charge in [0.05, 0.1) is 0 Å². The summed E-state index contributed by atoms with van der Waals surface area (Å²) in [5.74, 6) is 0.0366. The molecule has 0 saturated carbocycles. The van der Waals surface area contributed by atoms with Gasteiger partial charge in [-0.3, -0.25) is 4.79 Å². The summed E-state index contributed by atoms with van der Waals surface area (Å²) in [6, 6.07) is 4.78. The molecule has 2 rings (SSSR count). The average molecular weight is 240 g/mol. The molecule has 1 aromatic rings. The Labute approximate surface area is 97.9 Å². The van der Waals surface area contributed by atoms with Crippen molar-refractivity contribution in [3.05, 3.63) is 29.6 Å². The normalized spacial score (nSPS) is 19.9. The van der Waals surface area contributed by atoms with E-state index in [1.54, 1.807) is 17.8 Å². The van der Waals surface area contributed by atoms with Gasteiger partial charge < -0.3 is 5.11 Å². The number of thioether (sulfide) groups is 1. The van der Waals surface area contributed by atoms with Crippen LogP contribution in [0.15, 0.2) is 23.1 Å². The molecule has 0 saturated heterocycles. The Morgan fingerprint density at radius 2 is 2.38 bits per heavy atom. The molecule has 16 heavy (non-hydrogen) atoms. The zero-order valence-corrected chi connectivity index (χ0v) is 9.60. The largest absolute Gasteiger partial charge is 0.481 e. The molecule has 86 valence electrons. The third kappa shape index (κ3) is 2.76. The van der Waals surface area contributed by atoms with Crippen LogP contribution in [0, 0.1) is 11.7 Å². The Bertz CT molecular complexity index is 406. The van der Waals surface area contributed by atoms with Crippen molar-refractivity contribution in [1.29, 1.82) is 0 Å². The summed E-state index contributed by atoms with van der Waals surface area (Å²) in [6.45, 7) is 0. The van der Waals surface area contributed by atoms with E-state index in [4.69, 9.17) is 5.11 Å². The number of carboxylic acids is 1. The van der Waals surface area contributed by atoms with E-state index in [-0.39, 0.29) is 18.2 Å². The molecule has 1 heterocycles. The average Bonchev–Trinajstić information content (AvgIpc) is 2.37. The lowest BCUT2D eigenvalue weighted by atomic mass is 9.94. The number of halogens is 1. The molecule has 1 aromatic carbocycles. The number of hydrogen-bond donors (Lipinski definition) is 1. The molecule has 4 heteroatoms. The van der Waals surface area contributed by atoms with Gasteiger partial charge in [0, 0.05) is 11.3 Å². The Morgan fingerprint density at radius 1 is 1.56 bits per heavy atom. The fraction of sp³-hybridized carbons (Fsp3) is 0.417. The molecule has 0 spiro atoms. The summed E-state index contributed by atoms with van der Waals surface area (Å²) in [7, 11) is 0. The third-order valence-corrected chi connectivity index (χ3v) is 3.93. The van der Waals surface area contributed by atoms with Crippen molar-refractivity contribution in [2.75, 3.05) is 5.75 Å².